The molecule has 1 aromatic carbocycles. The van der Waals surface area contributed by atoms with Crippen molar-refractivity contribution in [1.29, 1.82) is 0 Å². The molecule has 0 radical (unpaired) electrons. The van der Waals surface area contributed by atoms with Crippen LogP contribution >= 0.6 is 0 Å². The first kappa shape index (κ1) is 22.5. The van der Waals surface area contributed by atoms with Gasteiger partial charge >= 0.3 is 5.69 Å². The van der Waals surface area contributed by atoms with Crippen LogP contribution in [-0.4, -0.2) is 25.1 Å². The second-order valence-electron chi connectivity index (χ2n) is 7.62. The number of anilines is 1. The number of hydrogen-bond acceptors (Lipinski definition) is 6. The Hall–Kier alpha value is -4.73. The maximum absolute atomic E-state index is 13.1. The molecule has 0 saturated heterocycles. The van der Waals surface area contributed by atoms with Crippen LogP contribution in [0.2, 0.25) is 0 Å². The zero-order valence-electron chi connectivity index (χ0n) is 18.6. The minimum Gasteiger partial charge on any atom is -0.494 e. The second-order valence-corrected chi connectivity index (χ2v) is 7.62. The zero-order valence-corrected chi connectivity index (χ0v) is 18.6. The van der Waals surface area contributed by atoms with E-state index in [1.165, 1.54) is 28.8 Å². The number of para-hydroxylation sites is 1. The van der Waals surface area contributed by atoms with Gasteiger partial charge in [-0.2, -0.15) is 5.01 Å². The SMILES string of the molecule is Cc1c2c(n(C)c(=O)c1=CC=CC=Cc1c(O)n(C)c(=O)[nH]c1=O)=NN(c1ccccc1)C2=O. The van der Waals surface area contributed by atoms with Gasteiger partial charge in [0.25, 0.3) is 17.0 Å². The van der Waals surface area contributed by atoms with Crippen molar-refractivity contribution in [3.63, 3.8) is 0 Å². The molecule has 3 aromatic rings. The molecule has 0 atom stereocenters. The van der Waals surface area contributed by atoms with Crippen molar-refractivity contribution in [1.82, 2.24) is 14.1 Å². The van der Waals surface area contributed by atoms with Crippen molar-refractivity contribution in [2.45, 2.75) is 6.92 Å². The molecule has 3 heterocycles. The average molecular weight is 459 g/mol. The lowest BCUT2D eigenvalue weighted by Gasteiger charge is -2.11. The summed E-state index contributed by atoms with van der Waals surface area (Å²) in [6, 6.07) is 8.95. The third kappa shape index (κ3) is 3.71. The monoisotopic (exact) mass is 459 g/mol. The summed E-state index contributed by atoms with van der Waals surface area (Å²) >= 11 is 0. The number of H-pyrrole nitrogens is 1. The second kappa shape index (κ2) is 8.66. The van der Waals surface area contributed by atoms with Gasteiger partial charge in [0, 0.05) is 19.3 Å². The molecule has 0 spiro atoms. The first-order chi connectivity index (χ1) is 16.2. The molecule has 1 amide bonds. The highest BCUT2D eigenvalue weighted by Crippen LogP contribution is 2.19. The molecule has 0 bridgehead atoms. The summed E-state index contributed by atoms with van der Waals surface area (Å²) in [7, 11) is 2.88. The molecule has 34 heavy (non-hydrogen) atoms. The first-order valence-electron chi connectivity index (χ1n) is 10.3. The van der Waals surface area contributed by atoms with E-state index < -0.39 is 17.1 Å². The molecule has 0 unspecified atom stereocenters. The molecule has 4 rings (SSSR count). The van der Waals surface area contributed by atoms with Crippen molar-refractivity contribution in [2.75, 3.05) is 5.01 Å². The maximum Gasteiger partial charge on any atom is 0.330 e. The minimum atomic E-state index is -0.724. The van der Waals surface area contributed by atoms with Crippen molar-refractivity contribution < 1.29 is 9.90 Å². The van der Waals surface area contributed by atoms with Crippen LogP contribution in [0.5, 0.6) is 5.88 Å². The van der Waals surface area contributed by atoms with Gasteiger partial charge in [0.1, 0.15) is 5.56 Å². The van der Waals surface area contributed by atoms with Crippen LogP contribution in [0.1, 0.15) is 21.5 Å². The predicted octanol–water partition coefficient (Wildman–Crippen LogP) is 0.0314. The summed E-state index contributed by atoms with van der Waals surface area (Å²) in [4.78, 5) is 51.5. The van der Waals surface area contributed by atoms with Crippen LogP contribution in [0.25, 0.3) is 12.2 Å². The summed E-state index contributed by atoms with van der Waals surface area (Å²) in [6.07, 6.45) is 7.51. The summed E-state index contributed by atoms with van der Waals surface area (Å²) in [5.41, 5.74) is -0.0900. The fourth-order valence-electron chi connectivity index (χ4n) is 3.61. The largest absolute Gasteiger partial charge is 0.494 e. The molecule has 1 aliphatic rings. The lowest BCUT2D eigenvalue weighted by atomic mass is 10.1. The minimum absolute atomic E-state index is 0.0791. The Labute approximate surface area is 192 Å². The van der Waals surface area contributed by atoms with Gasteiger partial charge < -0.3 is 5.11 Å². The van der Waals surface area contributed by atoms with Crippen molar-refractivity contribution in [3.8, 4) is 5.88 Å². The number of carbonyl (C=O) groups is 1. The number of aromatic amines is 1. The molecule has 0 fully saturated rings. The van der Waals surface area contributed by atoms with E-state index in [0.29, 0.717) is 27.5 Å². The van der Waals surface area contributed by atoms with Crippen molar-refractivity contribution in [3.05, 3.63) is 107 Å². The Bertz CT molecular complexity index is 1670. The number of nitrogens with zero attached hydrogens (tertiary/aromatic N) is 4. The number of allylic oxidation sites excluding steroid dienone is 3. The van der Waals surface area contributed by atoms with Gasteiger partial charge in [-0.05, 0) is 36.8 Å². The number of aromatic nitrogens is 3. The third-order valence-corrected chi connectivity index (χ3v) is 5.53. The summed E-state index contributed by atoms with van der Waals surface area (Å²) in [5, 5.41) is 15.9. The van der Waals surface area contributed by atoms with Gasteiger partial charge in [-0.15, -0.1) is 5.10 Å². The molecular weight excluding hydrogens is 438 g/mol. The van der Waals surface area contributed by atoms with Crippen LogP contribution in [0, 0.1) is 6.92 Å². The average Bonchev–Trinajstić information content (AvgIpc) is 3.17. The number of benzene rings is 1. The number of aromatic hydroxyl groups is 1. The van der Waals surface area contributed by atoms with Crippen LogP contribution in [0.3, 0.4) is 0 Å². The van der Waals surface area contributed by atoms with E-state index in [1.807, 2.05) is 6.07 Å². The van der Waals surface area contributed by atoms with Crippen LogP contribution in [0.15, 0.2) is 68.0 Å². The van der Waals surface area contributed by atoms with E-state index in [4.69, 9.17) is 0 Å². The Morgan fingerprint density at radius 1 is 0.971 bits per heavy atom. The molecule has 0 aliphatic carbocycles. The van der Waals surface area contributed by atoms with E-state index >= 15 is 0 Å². The predicted molar refractivity (Wildman–Crippen MR) is 127 cm³/mol. The lowest BCUT2D eigenvalue weighted by molar-refractivity contribution is 0.0994. The topological polar surface area (TPSA) is 130 Å². The van der Waals surface area contributed by atoms with Gasteiger partial charge in [0.15, 0.2) is 5.49 Å². The fraction of sp³-hybridized carbons (Fsp3) is 0.125. The standard InChI is InChI=1S/C24H21N5O5/c1-14-16(12-8-5-9-13-17-20(30)25-24(34)28(3)22(17)32)21(31)27(2)19-18(14)23(33)29(26-19)15-10-6-4-7-11-15/h4-13,32H,1-3H3,(H,25,30,34). The number of amides is 1. The molecule has 1 aliphatic heterocycles. The van der Waals surface area contributed by atoms with Crippen LogP contribution < -0.4 is 32.5 Å². The highest BCUT2D eigenvalue weighted by Gasteiger charge is 2.29. The van der Waals surface area contributed by atoms with Gasteiger partial charge in [-0.25, -0.2) is 4.79 Å². The molecule has 10 heteroatoms. The number of nitrogens with one attached hydrogen (secondary N) is 1. The highest BCUT2D eigenvalue weighted by atomic mass is 16.3. The van der Waals surface area contributed by atoms with E-state index in [0.717, 1.165) is 4.57 Å². The number of fused-ring (bicyclic) bond motifs is 1. The smallest absolute Gasteiger partial charge is 0.330 e. The molecular formula is C24H21N5O5. The molecule has 2 aromatic heterocycles. The maximum atomic E-state index is 13.1. The van der Waals surface area contributed by atoms with Crippen LogP contribution in [-0.2, 0) is 14.1 Å². The molecule has 2 N–H and O–H groups in total. The third-order valence-electron chi connectivity index (χ3n) is 5.53. The Morgan fingerprint density at radius 2 is 1.68 bits per heavy atom. The Morgan fingerprint density at radius 3 is 2.38 bits per heavy atom. The van der Waals surface area contributed by atoms with Crippen LogP contribution in [0.4, 0.5) is 5.69 Å². The van der Waals surface area contributed by atoms with Gasteiger partial charge in [-0.1, -0.05) is 36.4 Å². The van der Waals surface area contributed by atoms with Crippen molar-refractivity contribution >= 4 is 23.7 Å². The number of carbonyl (C=O) groups excluding carboxylic acids is 1. The van der Waals surface area contributed by atoms with Gasteiger partial charge in [-0.3, -0.25) is 28.5 Å². The quantitative estimate of drug-likeness (QED) is 0.532. The zero-order chi connectivity index (χ0) is 24.6. The number of rotatable bonds is 4. The molecule has 10 nitrogen and oxygen atoms in total. The molecule has 0 saturated carbocycles. The number of pyridine rings is 1. The summed E-state index contributed by atoms with van der Waals surface area (Å²) in [6.45, 7) is 1.69. The van der Waals surface area contributed by atoms with E-state index in [-0.39, 0.29) is 17.0 Å². The van der Waals surface area contributed by atoms with Gasteiger partial charge in [0.2, 0.25) is 5.88 Å². The van der Waals surface area contributed by atoms with E-state index in [1.54, 1.807) is 56.5 Å². The summed E-state index contributed by atoms with van der Waals surface area (Å²) < 4.78 is 2.25. The summed E-state index contributed by atoms with van der Waals surface area (Å²) in [5.74, 6) is -0.784. The first-order valence-corrected chi connectivity index (χ1v) is 10.3. The number of hydrogen-bond donors (Lipinski definition) is 2. The molecule has 172 valence electrons. The Balaban J connectivity index is 1.71. The van der Waals surface area contributed by atoms with E-state index in [9.17, 15) is 24.3 Å². The Kier molecular flexibility index (Phi) is 5.72. The van der Waals surface area contributed by atoms with E-state index in [2.05, 4.69) is 10.1 Å². The fourth-order valence-corrected chi connectivity index (χ4v) is 3.61. The van der Waals surface area contributed by atoms with Crippen molar-refractivity contribution in [2.24, 2.45) is 19.2 Å². The van der Waals surface area contributed by atoms with Gasteiger partial charge in [0.05, 0.1) is 11.3 Å². The normalized spacial score (nSPS) is 13.8. The lowest BCUT2D eigenvalue weighted by Crippen LogP contribution is -2.44. The highest BCUT2D eigenvalue weighted by molar-refractivity contribution is 6.07.